The molecule has 2 fully saturated rings. The molecule has 2 aliphatic heterocycles. The van der Waals surface area contributed by atoms with Crippen molar-refractivity contribution in [2.24, 2.45) is 0 Å². The van der Waals surface area contributed by atoms with Gasteiger partial charge in [0.25, 0.3) is 0 Å². The van der Waals surface area contributed by atoms with Crippen LogP contribution in [0, 0.1) is 0 Å². The van der Waals surface area contributed by atoms with Crippen LogP contribution in [0.2, 0.25) is 0 Å². The molecule has 0 saturated carbocycles. The fourth-order valence-corrected chi connectivity index (χ4v) is 3.85. The number of benzene rings is 2. The van der Waals surface area contributed by atoms with Crippen molar-refractivity contribution in [3.05, 3.63) is 71.8 Å². The molecule has 1 N–H and O–H groups in total. The van der Waals surface area contributed by atoms with E-state index in [-0.39, 0.29) is 12.5 Å². The molecule has 8 nitrogen and oxygen atoms in total. The highest BCUT2D eigenvalue weighted by atomic mass is 16.8. The van der Waals surface area contributed by atoms with E-state index in [1.165, 1.54) is 14.0 Å². The van der Waals surface area contributed by atoms with Gasteiger partial charge in [-0.3, -0.25) is 4.79 Å². The zero-order chi connectivity index (χ0) is 21.8. The fraction of sp³-hybridized carbons (Fsp3) is 0.391. The quantitative estimate of drug-likeness (QED) is 0.732. The van der Waals surface area contributed by atoms with Gasteiger partial charge in [-0.2, -0.15) is 0 Å². The number of nitrogens with one attached hydrogen (secondary N) is 1. The Labute approximate surface area is 180 Å². The lowest BCUT2D eigenvalue weighted by molar-refractivity contribution is -0.339. The molecule has 164 valence electrons. The number of esters is 1. The smallest absolute Gasteiger partial charge is 0.338 e. The van der Waals surface area contributed by atoms with Gasteiger partial charge in [-0.15, -0.1) is 0 Å². The molecule has 2 aromatic rings. The van der Waals surface area contributed by atoms with Gasteiger partial charge in [0.05, 0.1) is 18.2 Å². The average molecular weight is 427 g/mol. The van der Waals surface area contributed by atoms with Crippen LogP contribution in [0.15, 0.2) is 60.7 Å². The summed E-state index contributed by atoms with van der Waals surface area (Å²) in [5.41, 5.74) is 1.23. The molecule has 2 heterocycles. The normalized spacial score (nSPS) is 30.1. The second-order valence-corrected chi connectivity index (χ2v) is 7.42. The summed E-state index contributed by atoms with van der Waals surface area (Å²) in [7, 11) is 1.45. The molecule has 0 aliphatic carbocycles. The summed E-state index contributed by atoms with van der Waals surface area (Å²) in [5, 5.41) is 2.87. The summed E-state index contributed by atoms with van der Waals surface area (Å²) in [6.45, 7) is 1.63. The Bertz CT molecular complexity index is 891. The van der Waals surface area contributed by atoms with E-state index in [2.05, 4.69) is 5.32 Å². The van der Waals surface area contributed by atoms with Gasteiger partial charge in [-0.1, -0.05) is 48.5 Å². The minimum atomic E-state index is -0.919. The number of fused-ring (bicyclic) bond motifs is 1. The molecule has 31 heavy (non-hydrogen) atoms. The molecule has 2 saturated heterocycles. The van der Waals surface area contributed by atoms with E-state index in [0.29, 0.717) is 5.56 Å². The Kier molecular flexibility index (Phi) is 6.62. The lowest BCUT2D eigenvalue weighted by Crippen LogP contribution is -2.67. The van der Waals surface area contributed by atoms with Crippen molar-refractivity contribution in [2.75, 3.05) is 13.7 Å². The van der Waals surface area contributed by atoms with E-state index in [0.717, 1.165) is 5.56 Å². The number of ether oxygens (including phenoxy) is 5. The van der Waals surface area contributed by atoms with Gasteiger partial charge in [-0.05, 0) is 12.1 Å². The third-order valence-corrected chi connectivity index (χ3v) is 5.27. The van der Waals surface area contributed by atoms with Crippen LogP contribution in [-0.4, -0.2) is 56.2 Å². The highest BCUT2D eigenvalue weighted by Crippen LogP contribution is 2.35. The van der Waals surface area contributed by atoms with Crippen molar-refractivity contribution in [2.45, 2.75) is 43.9 Å². The lowest BCUT2D eigenvalue weighted by Gasteiger charge is -2.48. The Balaban J connectivity index is 1.60. The van der Waals surface area contributed by atoms with Crippen LogP contribution in [-0.2, 0) is 28.5 Å². The summed E-state index contributed by atoms with van der Waals surface area (Å²) >= 11 is 0. The molecule has 2 aliphatic rings. The molecular weight excluding hydrogens is 402 g/mol. The van der Waals surface area contributed by atoms with Crippen LogP contribution in [0.3, 0.4) is 0 Å². The largest absolute Gasteiger partial charge is 0.451 e. The van der Waals surface area contributed by atoms with Crippen molar-refractivity contribution in [1.29, 1.82) is 0 Å². The van der Waals surface area contributed by atoms with Crippen LogP contribution in [0.4, 0.5) is 0 Å². The topological polar surface area (TPSA) is 92.3 Å². The zero-order valence-corrected chi connectivity index (χ0v) is 17.3. The second-order valence-electron chi connectivity index (χ2n) is 7.42. The number of hydrogen-bond donors (Lipinski definition) is 1. The molecule has 8 heteroatoms. The third-order valence-electron chi connectivity index (χ3n) is 5.27. The molecular formula is C23H25NO7. The molecule has 2 aromatic carbocycles. The molecule has 0 bridgehead atoms. The van der Waals surface area contributed by atoms with E-state index in [1.54, 1.807) is 24.3 Å². The molecule has 4 rings (SSSR count). The number of amides is 1. The van der Waals surface area contributed by atoms with E-state index in [4.69, 9.17) is 23.7 Å². The molecule has 0 aromatic heterocycles. The van der Waals surface area contributed by atoms with Crippen LogP contribution in [0.25, 0.3) is 0 Å². The molecule has 1 amide bonds. The second kappa shape index (κ2) is 9.57. The SMILES string of the molecule is CO[C@H]1O[C@@H]2CO[C@@H](c3ccccc3)O[C@H]2[C@@H](NC(C)=O)[C@H]1OC(=O)c1ccccc1. The number of hydrogen-bond acceptors (Lipinski definition) is 7. The molecule has 0 spiro atoms. The third kappa shape index (κ3) is 4.77. The van der Waals surface area contributed by atoms with E-state index < -0.39 is 42.9 Å². The first kappa shape index (κ1) is 21.5. The number of carbonyl (C=O) groups excluding carboxylic acids is 2. The van der Waals surface area contributed by atoms with Gasteiger partial charge in [0, 0.05) is 19.6 Å². The van der Waals surface area contributed by atoms with E-state index >= 15 is 0 Å². The minimum absolute atomic E-state index is 0.236. The Morgan fingerprint density at radius 3 is 2.32 bits per heavy atom. The Morgan fingerprint density at radius 1 is 1.00 bits per heavy atom. The van der Waals surface area contributed by atoms with Gasteiger partial charge in [0.15, 0.2) is 18.7 Å². The summed E-state index contributed by atoms with van der Waals surface area (Å²) in [5.74, 6) is -0.829. The van der Waals surface area contributed by atoms with Crippen molar-refractivity contribution >= 4 is 11.9 Å². The Hall–Kier alpha value is -2.78. The van der Waals surface area contributed by atoms with Gasteiger partial charge in [0.2, 0.25) is 5.91 Å². The fourth-order valence-electron chi connectivity index (χ4n) is 3.85. The number of methoxy groups -OCH3 is 1. The van der Waals surface area contributed by atoms with Crippen molar-refractivity contribution < 1.29 is 33.3 Å². The molecule has 0 unspecified atom stereocenters. The minimum Gasteiger partial charge on any atom is -0.451 e. The van der Waals surface area contributed by atoms with Gasteiger partial charge in [0.1, 0.15) is 12.2 Å². The lowest BCUT2D eigenvalue weighted by atomic mass is 9.94. The maximum atomic E-state index is 12.7. The monoisotopic (exact) mass is 427 g/mol. The van der Waals surface area contributed by atoms with Gasteiger partial charge < -0.3 is 29.0 Å². The standard InChI is InChI=1S/C23H25NO7/c1-14(25)24-18-19-17(13-28-22(31-19)16-11-7-4-8-12-16)29-23(27-2)20(18)30-21(26)15-9-5-3-6-10-15/h3-12,17-20,22-23H,13H2,1-2H3,(H,24,25)/t17-,18-,19-,20-,22-,23+/m1/s1. The van der Waals surface area contributed by atoms with Crippen LogP contribution in [0.1, 0.15) is 29.1 Å². The molecule has 6 atom stereocenters. The highest BCUT2D eigenvalue weighted by molar-refractivity contribution is 5.89. The number of rotatable bonds is 5. The first-order valence-electron chi connectivity index (χ1n) is 10.1. The summed E-state index contributed by atoms with van der Waals surface area (Å²) in [4.78, 5) is 24.8. The predicted molar refractivity (Wildman–Crippen MR) is 109 cm³/mol. The van der Waals surface area contributed by atoms with Crippen LogP contribution in [0.5, 0.6) is 0 Å². The summed E-state index contributed by atoms with van der Waals surface area (Å²) in [6.07, 6.45) is -3.56. The summed E-state index contributed by atoms with van der Waals surface area (Å²) in [6, 6.07) is 17.4. The van der Waals surface area contributed by atoms with E-state index in [1.807, 2.05) is 36.4 Å². The highest BCUT2D eigenvalue weighted by Gasteiger charge is 2.52. The zero-order valence-electron chi connectivity index (χ0n) is 17.3. The number of carbonyl (C=O) groups is 2. The van der Waals surface area contributed by atoms with Crippen LogP contribution >= 0.6 is 0 Å². The van der Waals surface area contributed by atoms with E-state index in [9.17, 15) is 9.59 Å². The first-order chi connectivity index (χ1) is 15.1. The van der Waals surface area contributed by atoms with Crippen molar-refractivity contribution in [3.63, 3.8) is 0 Å². The maximum absolute atomic E-state index is 12.7. The van der Waals surface area contributed by atoms with Gasteiger partial charge >= 0.3 is 5.97 Å². The van der Waals surface area contributed by atoms with Gasteiger partial charge in [-0.25, -0.2) is 4.79 Å². The van der Waals surface area contributed by atoms with Crippen molar-refractivity contribution in [1.82, 2.24) is 5.32 Å². The average Bonchev–Trinajstić information content (AvgIpc) is 2.80. The first-order valence-corrected chi connectivity index (χ1v) is 10.1. The predicted octanol–water partition coefficient (Wildman–Crippen LogP) is 2.20. The molecule has 0 radical (unpaired) electrons. The summed E-state index contributed by atoms with van der Waals surface area (Å²) < 4.78 is 29.2. The Morgan fingerprint density at radius 2 is 1.68 bits per heavy atom. The van der Waals surface area contributed by atoms with Crippen LogP contribution < -0.4 is 5.32 Å². The maximum Gasteiger partial charge on any atom is 0.338 e. The van der Waals surface area contributed by atoms with Crippen molar-refractivity contribution in [3.8, 4) is 0 Å².